The van der Waals surface area contributed by atoms with Crippen molar-refractivity contribution >= 4 is 21.3 Å². The Labute approximate surface area is 173 Å². The zero-order chi connectivity index (χ0) is 19.1. The van der Waals surface area contributed by atoms with E-state index in [2.05, 4.69) is 120 Å². The zero-order valence-corrected chi connectivity index (χ0v) is 18.6. The van der Waals surface area contributed by atoms with Gasteiger partial charge in [-0.3, -0.25) is 0 Å². The SMILES string of the molecule is Cc1cccc(N(C=C(C=C[CH]=[W])c2ccccc2C)c2ccccc2)c1. The molecule has 0 bridgehead atoms. The van der Waals surface area contributed by atoms with Crippen LogP contribution in [-0.4, -0.2) is 4.40 Å². The van der Waals surface area contributed by atoms with E-state index in [1.807, 2.05) is 0 Å². The van der Waals surface area contributed by atoms with E-state index in [0.29, 0.717) is 0 Å². The molecule has 0 aliphatic rings. The first-order valence-electron chi connectivity index (χ1n) is 8.99. The molecule has 0 aromatic heterocycles. The van der Waals surface area contributed by atoms with Crippen LogP contribution in [-0.2, 0) is 19.4 Å². The zero-order valence-electron chi connectivity index (χ0n) is 15.7. The van der Waals surface area contributed by atoms with Gasteiger partial charge in [0.05, 0.1) is 0 Å². The van der Waals surface area contributed by atoms with Crippen molar-refractivity contribution < 1.29 is 19.4 Å². The van der Waals surface area contributed by atoms with Crippen molar-refractivity contribution in [3.05, 3.63) is 114 Å². The first kappa shape index (κ1) is 19.3. The quantitative estimate of drug-likeness (QED) is 0.340. The fourth-order valence-electron chi connectivity index (χ4n) is 3.05. The molecule has 0 saturated heterocycles. The summed E-state index contributed by atoms with van der Waals surface area (Å²) in [6, 6.07) is 27.7. The van der Waals surface area contributed by atoms with Crippen LogP contribution in [0.5, 0.6) is 0 Å². The van der Waals surface area contributed by atoms with Crippen molar-refractivity contribution in [1.82, 2.24) is 0 Å². The average molecular weight is 521 g/mol. The van der Waals surface area contributed by atoms with Crippen molar-refractivity contribution in [3.63, 3.8) is 0 Å². The van der Waals surface area contributed by atoms with Crippen molar-refractivity contribution in [2.45, 2.75) is 13.8 Å². The third-order valence-corrected chi connectivity index (χ3v) is 4.96. The van der Waals surface area contributed by atoms with Crippen LogP contribution in [0.15, 0.2) is 97.2 Å². The van der Waals surface area contributed by atoms with Crippen molar-refractivity contribution in [2.24, 2.45) is 0 Å². The van der Waals surface area contributed by atoms with Gasteiger partial charge < -0.3 is 0 Å². The number of hydrogen-bond acceptors (Lipinski definition) is 1. The van der Waals surface area contributed by atoms with E-state index in [1.165, 1.54) is 41.6 Å². The minimum atomic E-state index is 1.15. The number of anilines is 2. The molecule has 0 saturated carbocycles. The van der Waals surface area contributed by atoms with E-state index in [9.17, 15) is 0 Å². The molecule has 0 atom stereocenters. The average Bonchev–Trinajstić information content (AvgIpc) is 2.69. The normalized spacial score (nSPS) is 11.6. The van der Waals surface area contributed by atoms with Crippen LogP contribution < -0.4 is 4.90 Å². The molecular weight excluding hydrogens is 498 g/mol. The van der Waals surface area contributed by atoms with Gasteiger partial charge in [-0.05, 0) is 0 Å². The molecule has 3 aromatic carbocycles. The molecule has 2 heteroatoms. The Morgan fingerprint density at radius 2 is 1.52 bits per heavy atom. The van der Waals surface area contributed by atoms with Gasteiger partial charge >= 0.3 is 173 Å². The van der Waals surface area contributed by atoms with E-state index in [-0.39, 0.29) is 0 Å². The van der Waals surface area contributed by atoms with Crippen LogP contribution in [0.4, 0.5) is 11.4 Å². The van der Waals surface area contributed by atoms with Crippen LogP contribution in [0.1, 0.15) is 16.7 Å². The standard InChI is InChI=1S/C25H23N.W/c1-4-11-22(25-17-9-8-13-21(25)3)19-26(23-14-6-5-7-15-23)24-16-10-12-20(2)18-24;/h1,4-19H,2-3H3;. The number of rotatable bonds is 6. The Bertz CT molecular complexity index is 970. The first-order valence-corrected chi connectivity index (χ1v) is 10.7. The number of para-hydroxylation sites is 1. The first-order chi connectivity index (χ1) is 13.2. The van der Waals surface area contributed by atoms with E-state index < -0.39 is 0 Å². The summed E-state index contributed by atoms with van der Waals surface area (Å²) in [5.41, 5.74) is 7.27. The van der Waals surface area contributed by atoms with E-state index in [1.54, 1.807) is 0 Å². The maximum atomic E-state index is 2.27. The summed E-state index contributed by atoms with van der Waals surface area (Å²) in [7, 11) is 0. The van der Waals surface area contributed by atoms with Gasteiger partial charge in [-0.15, -0.1) is 0 Å². The second-order valence-corrected chi connectivity index (χ2v) is 7.42. The molecular formula is C25H23NW. The van der Waals surface area contributed by atoms with Crippen LogP contribution in [0.2, 0.25) is 0 Å². The van der Waals surface area contributed by atoms with Crippen molar-refractivity contribution in [1.29, 1.82) is 0 Å². The molecule has 3 aromatic rings. The molecule has 0 radical (unpaired) electrons. The van der Waals surface area contributed by atoms with Gasteiger partial charge in [-0.2, -0.15) is 0 Å². The van der Waals surface area contributed by atoms with E-state index in [4.69, 9.17) is 0 Å². The van der Waals surface area contributed by atoms with Crippen molar-refractivity contribution in [2.75, 3.05) is 4.90 Å². The third-order valence-electron chi connectivity index (χ3n) is 4.39. The van der Waals surface area contributed by atoms with E-state index in [0.717, 1.165) is 11.4 Å². The second kappa shape index (κ2) is 9.44. The van der Waals surface area contributed by atoms with Crippen molar-refractivity contribution in [3.8, 4) is 0 Å². The molecule has 0 amide bonds. The monoisotopic (exact) mass is 521 g/mol. The predicted molar refractivity (Wildman–Crippen MR) is 114 cm³/mol. The molecule has 134 valence electrons. The Kier molecular flexibility index (Phi) is 6.73. The molecule has 0 heterocycles. The summed E-state index contributed by atoms with van der Waals surface area (Å²) in [4.78, 5) is 2.27. The predicted octanol–water partition coefficient (Wildman–Crippen LogP) is 6.39. The van der Waals surface area contributed by atoms with Gasteiger partial charge in [0.15, 0.2) is 0 Å². The molecule has 27 heavy (non-hydrogen) atoms. The summed E-state index contributed by atoms with van der Waals surface area (Å²) in [5, 5.41) is 0. The summed E-state index contributed by atoms with van der Waals surface area (Å²) in [5.74, 6) is 0. The van der Waals surface area contributed by atoms with Crippen LogP contribution in [0.3, 0.4) is 0 Å². The Balaban J connectivity index is 2.18. The minimum absolute atomic E-state index is 1.15. The fourth-order valence-corrected chi connectivity index (χ4v) is 3.33. The van der Waals surface area contributed by atoms with Gasteiger partial charge in [-0.25, -0.2) is 0 Å². The number of nitrogens with zero attached hydrogens (tertiary/aromatic N) is 1. The van der Waals surface area contributed by atoms with Gasteiger partial charge in [0.1, 0.15) is 0 Å². The van der Waals surface area contributed by atoms with Gasteiger partial charge in [-0.1, -0.05) is 0 Å². The van der Waals surface area contributed by atoms with Crippen LogP contribution in [0, 0.1) is 13.8 Å². The number of hydrogen-bond donors (Lipinski definition) is 0. The van der Waals surface area contributed by atoms with E-state index >= 15 is 0 Å². The topological polar surface area (TPSA) is 3.24 Å². The molecule has 0 fully saturated rings. The molecule has 1 nitrogen and oxygen atoms in total. The molecule has 3 rings (SSSR count). The summed E-state index contributed by atoms with van der Waals surface area (Å²) < 4.78 is 2.14. The number of benzene rings is 3. The molecule has 0 aliphatic heterocycles. The fraction of sp³-hybridized carbons (Fsp3) is 0.0800. The van der Waals surface area contributed by atoms with Crippen LogP contribution in [0.25, 0.3) is 5.57 Å². The summed E-state index contributed by atoms with van der Waals surface area (Å²) >= 11 is 1.45. The molecule has 0 aliphatic carbocycles. The maximum absolute atomic E-state index is 2.27. The number of aryl methyl sites for hydroxylation is 2. The summed E-state index contributed by atoms with van der Waals surface area (Å²) in [6.45, 7) is 4.30. The molecule has 0 spiro atoms. The Morgan fingerprint density at radius 3 is 2.22 bits per heavy atom. The molecule has 0 unspecified atom stereocenters. The Morgan fingerprint density at radius 1 is 0.815 bits per heavy atom. The number of allylic oxidation sites excluding steroid dienone is 3. The Hall–Kier alpha value is -2.50. The second-order valence-electron chi connectivity index (χ2n) is 6.44. The van der Waals surface area contributed by atoms with Crippen LogP contribution >= 0.6 is 0 Å². The van der Waals surface area contributed by atoms with Gasteiger partial charge in [0.25, 0.3) is 0 Å². The molecule has 0 N–H and O–H groups in total. The van der Waals surface area contributed by atoms with Gasteiger partial charge in [0.2, 0.25) is 0 Å². The third kappa shape index (κ3) is 5.02. The van der Waals surface area contributed by atoms with Gasteiger partial charge in [0, 0.05) is 0 Å². The summed E-state index contributed by atoms with van der Waals surface area (Å²) in [6.07, 6.45) is 6.57.